The van der Waals surface area contributed by atoms with E-state index in [-0.39, 0.29) is 24.3 Å². The fraction of sp³-hybridized carbons (Fsp3) is 0.455. The number of rotatable bonds is 4. The Morgan fingerprint density at radius 2 is 2.12 bits per heavy atom. The number of likely N-dealkylation sites (N-methyl/N-ethyl adjacent to an activating group) is 1. The quantitative estimate of drug-likeness (QED) is 0.908. The Morgan fingerprint density at radius 3 is 2.69 bits per heavy atom. The minimum absolute atomic E-state index is 0. The monoisotopic (exact) mass is 266 g/mol. The topological polar surface area (TPSA) is 29.3 Å². The van der Waals surface area contributed by atoms with Gasteiger partial charge in [-0.25, -0.2) is 4.39 Å². The first-order valence-corrected chi connectivity index (χ1v) is 5.26. The van der Waals surface area contributed by atoms with Crippen molar-refractivity contribution in [3.63, 3.8) is 0 Å². The van der Waals surface area contributed by atoms with Gasteiger partial charge in [0.2, 0.25) is 0 Å². The van der Waals surface area contributed by atoms with Crippen LogP contribution in [0.3, 0.4) is 0 Å². The molecule has 0 aromatic heterocycles. The van der Waals surface area contributed by atoms with Crippen molar-refractivity contribution >= 4 is 24.0 Å². The fourth-order valence-electron chi connectivity index (χ4n) is 1.27. The van der Waals surface area contributed by atoms with Gasteiger partial charge < -0.3 is 5.73 Å². The highest BCUT2D eigenvalue weighted by atomic mass is 35.5. The van der Waals surface area contributed by atoms with E-state index in [1.807, 2.05) is 18.9 Å². The highest BCUT2D eigenvalue weighted by molar-refractivity contribution is 6.31. The van der Waals surface area contributed by atoms with Crippen molar-refractivity contribution in [2.45, 2.75) is 19.5 Å². The number of nitrogens with zero attached hydrogens (tertiary/aromatic N) is 1. The second-order valence-corrected chi connectivity index (χ2v) is 4.14. The summed E-state index contributed by atoms with van der Waals surface area (Å²) in [4.78, 5) is 2.04. The average Bonchev–Trinajstić information content (AvgIpc) is 2.22. The predicted octanol–water partition coefficient (Wildman–Crippen LogP) is 2.68. The highest BCUT2D eigenvalue weighted by Crippen LogP contribution is 2.19. The molecule has 0 aliphatic rings. The molecule has 0 aliphatic heterocycles. The average molecular weight is 267 g/mol. The maximum absolute atomic E-state index is 13.0. The van der Waals surface area contributed by atoms with Crippen LogP contribution in [0.4, 0.5) is 4.39 Å². The van der Waals surface area contributed by atoms with E-state index in [1.54, 1.807) is 6.07 Å². The molecule has 0 fully saturated rings. The molecule has 2 N–H and O–H groups in total. The zero-order chi connectivity index (χ0) is 11.4. The van der Waals surface area contributed by atoms with E-state index in [4.69, 9.17) is 17.3 Å². The Kier molecular flexibility index (Phi) is 6.91. The smallest absolute Gasteiger partial charge is 0.123 e. The maximum Gasteiger partial charge on any atom is 0.123 e. The van der Waals surface area contributed by atoms with Crippen molar-refractivity contribution in [2.75, 3.05) is 13.6 Å². The molecule has 0 aliphatic carbocycles. The fourth-order valence-corrected chi connectivity index (χ4v) is 1.45. The van der Waals surface area contributed by atoms with Crippen molar-refractivity contribution in [1.82, 2.24) is 4.90 Å². The van der Waals surface area contributed by atoms with E-state index in [1.165, 1.54) is 12.1 Å². The van der Waals surface area contributed by atoms with Crippen LogP contribution in [0.15, 0.2) is 18.2 Å². The molecule has 2 nitrogen and oxygen atoms in total. The third-order valence-electron chi connectivity index (χ3n) is 2.52. The molecule has 16 heavy (non-hydrogen) atoms. The van der Waals surface area contributed by atoms with Gasteiger partial charge in [-0.2, -0.15) is 0 Å². The van der Waals surface area contributed by atoms with E-state index in [9.17, 15) is 4.39 Å². The predicted molar refractivity (Wildman–Crippen MR) is 68.6 cm³/mol. The highest BCUT2D eigenvalue weighted by Gasteiger charge is 2.10. The SMILES string of the molecule is CC(CN)N(C)Cc1cc(F)ccc1Cl.Cl. The van der Waals surface area contributed by atoms with Crippen molar-refractivity contribution in [2.24, 2.45) is 5.73 Å². The van der Waals surface area contributed by atoms with Gasteiger partial charge in [0.05, 0.1) is 0 Å². The van der Waals surface area contributed by atoms with E-state index in [2.05, 4.69) is 0 Å². The largest absolute Gasteiger partial charge is 0.329 e. The zero-order valence-corrected chi connectivity index (χ0v) is 11.0. The van der Waals surface area contributed by atoms with E-state index in [0.29, 0.717) is 18.1 Å². The van der Waals surface area contributed by atoms with E-state index in [0.717, 1.165) is 5.56 Å². The van der Waals surface area contributed by atoms with Crippen LogP contribution in [0.1, 0.15) is 12.5 Å². The van der Waals surface area contributed by atoms with Gasteiger partial charge in [-0.05, 0) is 37.7 Å². The first-order chi connectivity index (χ1) is 7.04. The molecule has 0 bridgehead atoms. The Hall–Kier alpha value is -0.350. The molecule has 1 unspecified atom stereocenters. The van der Waals surface area contributed by atoms with Crippen LogP contribution in [0, 0.1) is 5.82 Å². The number of nitrogens with two attached hydrogens (primary N) is 1. The molecule has 1 aromatic carbocycles. The zero-order valence-electron chi connectivity index (χ0n) is 9.41. The molecule has 5 heteroatoms. The maximum atomic E-state index is 13.0. The van der Waals surface area contributed by atoms with E-state index >= 15 is 0 Å². The lowest BCUT2D eigenvalue weighted by atomic mass is 10.2. The third kappa shape index (κ3) is 4.26. The van der Waals surface area contributed by atoms with Crippen LogP contribution in [-0.4, -0.2) is 24.5 Å². The Labute approximate surface area is 107 Å². The summed E-state index contributed by atoms with van der Waals surface area (Å²) in [5, 5.41) is 0.590. The van der Waals surface area contributed by atoms with Crippen molar-refractivity contribution in [3.05, 3.63) is 34.6 Å². The Balaban J connectivity index is 0.00000225. The molecular formula is C11H17Cl2FN2. The van der Waals surface area contributed by atoms with Gasteiger partial charge in [0.1, 0.15) is 5.82 Å². The normalized spacial score (nSPS) is 12.4. The van der Waals surface area contributed by atoms with Crippen molar-refractivity contribution in [1.29, 1.82) is 0 Å². The summed E-state index contributed by atoms with van der Waals surface area (Å²) in [6.45, 7) is 3.20. The second-order valence-electron chi connectivity index (χ2n) is 3.74. The van der Waals surface area contributed by atoms with Gasteiger partial charge in [0.15, 0.2) is 0 Å². The molecule has 1 rings (SSSR count). The second kappa shape index (κ2) is 7.07. The number of hydrogen-bond donors (Lipinski definition) is 1. The summed E-state index contributed by atoms with van der Waals surface area (Å²) in [5.74, 6) is -0.261. The summed E-state index contributed by atoms with van der Waals surface area (Å²) in [6, 6.07) is 4.65. The van der Waals surface area contributed by atoms with Crippen LogP contribution in [0.2, 0.25) is 5.02 Å². The molecule has 0 radical (unpaired) electrons. The third-order valence-corrected chi connectivity index (χ3v) is 2.89. The molecule has 0 saturated carbocycles. The minimum atomic E-state index is -0.261. The first-order valence-electron chi connectivity index (χ1n) is 4.89. The Bertz CT molecular complexity index is 334. The lowest BCUT2D eigenvalue weighted by Gasteiger charge is -2.23. The van der Waals surface area contributed by atoms with Gasteiger partial charge in [-0.1, -0.05) is 11.6 Å². The molecule has 0 saturated heterocycles. The van der Waals surface area contributed by atoms with Crippen LogP contribution in [0.5, 0.6) is 0 Å². The van der Waals surface area contributed by atoms with Gasteiger partial charge in [0.25, 0.3) is 0 Å². The van der Waals surface area contributed by atoms with Gasteiger partial charge in [0, 0.05) is 24.2 Å². The van der Waals surface area contributed by atoms with Crippen LogP contribution in [-0.2, 0) is 6.54 Å². The first kappa shape index (κ1) is 15.7. The number of benzene rings is 1. The van der Waals surface area contributed by atoms with Gasteiger partial charge in [-0.3, -0.25) is 4.90 Å². The van der Waals surface area contributed by atoms with Crippen molar-refractivity contribution in [3.8, 4) is 0 Å². The standard InChI is InChI=1S/C11H16ClFN2.ClH/c1-8(6-14)15(2)7-9-5-10(13)3-4-11(9)12;/h3-5,8H,6-7,14H2,1-2H3;1H. The summed E-state index contributed by atoms with van der Waals surface area (Å²) in [7, 11) is 1.94. The molecule has 0 heterocycles. The summed E-state index contributed by atoms with van der Waals surface area (Å²) >= 11 is 5.96. The van der Waals surface area contributed by atoms with Gasteiger partial charge in [-0.15, -0.1) is 12.4 Å². The van der Waals surface area contributed by atoms with E-state index < -0.39 is 0 Å². The summed E-state index contributed by atoms with van der Waals surface area (Å²) < 4.78 is 13.0. The molecule has 92 valence electrons. The molecular weight excluding hydrogens is 250 g/mol. The summed E-state index contributed by atoms with van der Waals surface area (Å²) in [6.07, 6.45) is 0. The van der Waals surface area contributed by atoms with Crippen molar-refractivity contribution < 1.29 is 4.39 Å². The molecule has 0 spiro atoms. The molecule has 0 amide bonds. The van der Waals surface area contributed by atoms with Crippen LogP contribution < -0.4 is 5.73 Å². The van der Waals surface area contributed by atoms with Gasteiger partial charge >= 0.3 is 0 Å². The minimum Gasteiger partial charge on any atom is -0.329 e. The number of halogens is 3. The Morgan fingerprint density at radius 1 is 1.50 bits per heavy atom. The molecule has 1 aromatic rings. The molecule has 1 atom stereocenters. The van der Waals surface area contributed by atoms with Crippen LogP contribution in [0.25, 0.3) is 0 Å². The van der Waals surface area contributed by atoms with Crippen LogP contribution >= 0.6 is 24.0 Å². The lowest BCUT2D eigenvalue weighted by molar-refractivity contribution is 0.254. The lowest BCUT2D eigenvalue weighted by Crippen LogP contribution is -2.34. The number of hydrogen-bond acceptors (Lipinski definition) is 2. The summed E-state index contributed by atoms with van der Waals surface area (Å²) in [5.41, 5.74) is 6.34.